The van der Waals surface area contributed by atoms with Crippen LogP contribution in [0.1, 0.15) is 52.9 Å². The predicted molar refractivity (Wildman–Crippen MR) is 68.2 cm³/mol. The van der Waals surface area contributed by atoms with Gasteiger partial charge in [-0.05, 0) is 51.9 Å². The SMILES string of the molecule is C=C(C)[C@@H]1CC[C@]2(C)C(=C(C)CC[C@H]2O)C1. The zero-order valence-corrected chi connectivity index (χ0v) is 10.8. The maximum Gasteiger partial charge on any atom is 0.0634 e. The molecule has 0 aromatic heterocycles. The average molecular weight is 220 g/mol. The molecule has 1 fully saturated rings. The van der Waals surface area contributed by atoms with E-state index in [2.05, 4.69) is 27.4 Å². The van der Waals surface area contributed by atoms with Crippen molar-refractivity contribution in [2.45, 2.75) is 59.0 Å². The van der Waals surface area contributed by atoms with E-state index in [0.29, 0.717) is 5.92 Å². The molecule has 1 N–H and O–H groups in total. The first-order valence-electron chi connectivity index (χ1n) is 6.47. The van der Waals surface area contributed by atoms with Crippen LogP contribution in [0, 0.1) is 11.3 Å². The molecule has 2 aliphatic carbocycles. The first-order chi connectivity index (χ1) is 7.45. The second kappa shape index (κ2) is 4.03. The van der Waals surface area contributed by atoms with Gasteiger partial charge in [0.1, 0.15) is 0 Å². The van der Waals surface area contributed by atoms with Gasteiger partial charge in [0.25, 0.3) is 0 Å². The van der Waals surface area contributed by atoms with Gasteiger partial charge in [-0.25, -0.2) is 0 Å². The lowest BCUT2D eigenvalue weighted by atomic mass is 9.59. The number of aliphatic hydroxyl groups excluding tert-OH is 1. The lowest BCUT2D eigenvalue weighted by Crippen LogP contribution is -2.41. The Balaban J connectivity index is 2.31. The first kappa shape index (κ1) is 11.9. The van der Waals surface area contributed by atoms with Crippen molar-refractivity contribution in [3.8, 4) is 0 Å². The largest absolute Gasteiger partial charge is 0.392 e. The molecule has 0 aliphatic heterocycles. The van der Waals surface area contributed by atoms with Crippen LogP contribution in [0.15, 0.2) is 23.3 Å². The van der Waals surface area contributed by atoms with Crippen LogP contribution in [0.25, 0.3) is 0 Å². The van der Waals surface area contributed by atoms with Crippen molar-refractivity contribution in [1.29, 1.82) is 0 Å². The highest BCUT2D eigenvalue weighted by molar-refractivity contribution is 5.29. The molecule has 16 heavy (non-hydrogen) atoms. The summed E-state index contributed by atoms with van der Waals surface area (Å²) in [6.45, 7) is 10.7. The Labute approximate surface area is 99.3 Å². The minimum Gasteiger partial charge on any atom is -0.392 e. The first-order valence-corrected chi connectivity index (χ1v) is 6.47. The fourth-order valence-corrected chi connectivity index (χ4v) is 3.48. The minimum atomic E-state index is -0.128. The lowest BCUT2D eigenvalue weighted by molar-refractivity contribution is 0.0240. The Morgan fingerprint density at radius 3 is 2.75 bits per heavy atom. The Morgan fingerprint density at radius 1 is 1.44 bits per heavy atom. The van der Waals surface area contributed by atoms with Crippen LogP contribution >= 0.6 is 0 Å². The lowest BCUT2D eigenvalue weighted by Gasteiger charge is -2.47. The summed E-state index contributed by atoms with van der Waals surface area (Å²) in [6.07, 6.45) is 5.35. The molecule has 0 saturated heterocycles. The highest BCUT2D eigenvalue weighted by atomic mass is 16.3. The average Bonchev–Trinajstić information content (AvgIpc) is 2.24. The Kier molecular flexibility index (Phi) is 3.00. The Bertz CT molecular complexity index is 339. The second-order valence-electron chi connectivity index (χ2n) is 6.02. The van der Waals surface area contributed by atoms with E-state index in [4.69, 9.17) is 0 Å². The summed E-state index contributed by atoms with van der Waals surface area (Å²) in [6, 6.07) is 0. The van der Waals surface area contributed by atoms with E-state index in [1.807, 2.05) is 0 Å². The van der Waals surface area contributed by atoms with Crippen molar-refractivity contribution in [2.75, 3.05) is 0 Å². The minimum absolute atomic E-state index is 0.0638. The molecule has 3 atom stereocenters. The molecule has 0 aromatic rings. The molecule has 2 aliphatic rings. The van der Waals surface area contributed by atoms with Crippen LogP contribution in [0.3, 0.4) is 0 Å². The van der Waals surface area contributed by atoms with Crippen molar-refractivity contribution in [2.24, 2.45) is 11.3 Å². The maximum atomic E-state index is 10.2. The van der Waals surface area contributed by atoms with Gasteiger partial charge in [-0.2, -0.15) is 0 Å². The molecule has 1 saturated carbocycles. The maximum absolute atomic E-state index is 10.2. The summed E-state index contributed by atoms with van der Waals surface area (Å²) in [4.78, 5) is 0. The summed E-state index contributed by atoms with van der Waals surface area (Å²) < 4.78 is 0. The van der Waals surface area contributed by atoms with E-state index in [0.717, 1.165) is 25.7 Å². The van der Waals surface area contributed by atoms with E-state index in [9.17, 15) is 5.11 Å². The van der Waals surface area contributed by atoms with Gasteiger partial charge < -0.3 is 5.11 Å². The summed E-state index contributed by atoms with van der Waals surface area (Å²) in [5, 5.41) is 10.2. The molecule has 0 radical (unpaired) electrons. The molecular formula is C15H24O. The van der Waals surface area contributed by atoms with Crippen LogP contribution in [0.5, 0.6) is 0 Å². The van der Waals surface area contributed by atoms with E-state index < -0.39 is 0 Å². The van der Waals surface area contributed by atoms with E-state index >= 15 is 0 Å². The number of hydrogen-bond acceptors (Lipinski definition) is 1. The zero-order valence-electron chi connectivity index (χ0n) is 10.8. The van der Waals surface area contributed by atoms with Gasteiger partial charge in [-0.3, -0.25) is 0 Å². The molecule has 2 rings (SSSR count). The van der Waals surface area contributed by atoms with Gasteiger partial charge in [0.05, 0.1) is 6.10 Å². The van der Waals surface area contributed by atoms with Crippen LogP contribution in [0.2, 0.25) is 0 Å². The van der Waals surface area contributed by atoms with Gasteiger partial charge in [0, 0.05) is 5.41 Å². The van der Waals surface area contributed by atoms with Gasteiger partial charge >= 0.3 is 0 Å². The number of rotatable bonds is 1. The summed E-state index contributed by atoms with van der Waals surface area (Å²) in [5.74, 6) is 0.642. The molecular weight excluding hydrogens is 196 g/mol. The van der Waals surface area contributed by atoms with Crippen molar-refractivity contribution in [3.05, 3.63) is 23.3 Å². The third kappa shape index (κ3) is 1.75. The summed E-state index contributed by atoms with van der Waals surface area (Å²) >= 11 is 0. The topological polar surface area (TPSA) is 20.2 Å². The molecule has 0 bridgehead atoms. The highest BCUT2D eigenvalue weighted by Crippen LogP contribution is 2.52. The third-order valence-electron chi connectivity index (χ3n) is 4.89. The standard InChI is InChI=1S/C15H24O/c1-10(2)12-7-8-15(4)13(9-12)11(3)5-6-14(15)16/h12,14,16H,1,5-9H2,2-4H3/t12-,14-,15-/m1/s1. The van der Waals surface area contributed by atoms with E-state index in [1.165, 1.54) is 23.1 Å². The van der Waals surface area contributed by atoms with Crippen LogP contribution in [-0.4, -0.2) is 11.2 Å². The molecule has 0 aromatic carbocycles. The highest BCUT2D eigenvalue weighted by Gasteiger charge is 2.43. The number of hydrogen-bond donors (Lipinski definition) is 1. The smallest absolute Gasteiger partial charge is 0.0634 e. The van der Waals surface area contributed by atoms with E-state index in [-0.39, 0.29) is 11.5 Å². The van der Waals surface area contributed by atoms with Crippen molar-refractivity contribution >= 4 is 0 Å². The Hall–Kier alpha value is -0.560. The van der Waals surface area contributed by atoms with Gasteiger partial charge in [-0.15, -0.1) is 0 Å². The second-order valence-corrected chi connectivity index (χ2v) is 6.02. The Morgan fingerprint density at radius 2 is 2.12 bits per heavy atom. The van der Waals surface area contributed by atoms with E-state index in [1.54, 1.807) is 0 Å². The quantitative estimate of drug-likeness (QED) is 0.666. The van der Waals surface area contributed by atoms with Crippen molar-refractivity contribution in [1.82, 2.24) is 0 Å². The predicted octanol–water partition coefficient (Wildman–Crippen LogP) is 3.84. The normalized spacial score (nSPS) is 39.5. The monoisotopic (exact) mass is 220 g/mol. The molecule has 1 heteroatoms. The van der Waals surface area contributed by atoms with Gasteiger partial charge in [0.15, 0.2) is 0 Å². The van der Waals surface area contributed by atoms with Crippen molar-refractivity contribution in [3.63, 3.8) is 0 Å². The fourth-order valence-electron chi connectivity index (χ4n) is 3.48. The third-order valence-corrected chi connectivity index (χ3v) is 4.89. The van der Waals surface area contributed by atoms with Crippen LogP contribution in [0.4, 0.5) is 0 Å². The van der Waals surface area contributed by atoms with Crippen molar-refractivity contribution < 1.29 is 5.11 Å². The number of allylic oxidation sites excluding steroid dienone is 2. The van der Waals surface area contributed by atoms with Crippen LogP contribution < -0.4 is 0 Å². The van der Waals surface area contributed by atoms with Gasteiger partial charge in [0.2, 0.25) is 0 Å². The summed E-state index contributed by atoms with van der Waals surface area (Å²) in [7, 11) is 0. The number of aliphatic hydroxyl groups is 1. The molecule has 90 valence electrons. The molecule has 0 amide bonds. The fraction of sp³-hybridized carbons (Fsp3) is 0.733. The van der Waals surface area contributed by atoms with Gasteiger partial charge in [-0.1, -0.05) is 30.2 Å². The number of fused-ring (bicyclic) bond motifs is 1. The molecule has 0 spiro atoms. The molecule has 1 nitrogen and oxygen atoms in total. The molecule has 0 heterocycles. The van der Waals surface area contributed by atoms with Crippen LogP contribution in [-0.2, 0) is 0 Å². The summed E-state index contributed by atoms with van der Waals surface area (Å²) in [5.41, 5.74) is 4.43. The zero-order chi connectivity index (χ0) is 11.9. The molecule has 0 unspecified atom stereocenters.